The molecule has 1 aliphatic rings. The van der Waals surface area contributed by atoms with Crippen LogP contribution >= 0.6 is 11.6 Å². The standard InChI is InChI=1S/C15H11ClN2/c16-12-6-3-7-13-14(12)18-9-8-10-4-1-2-5-11(10)15(18)17-13/h1-7H,8-9H2. The Kier molecular flexibility index (Phi) is 2.03. The lowest BCUT2D eigenvalue weighted by atomic mass is 10.0. The van der Waals surface area contributed by atoms with E-state index in [9.17, 15) is 0 Å². The van der Waals surface area contributed by atoms with Crippen molar-refractivity contribution in [2.45, 2.75) is 13.0 Å². The Morgan fingerprint density at radius 3 is 2.89 bits per heavy atom. The average molecular weight is 255 g/mol. The Balaban J connectivity index is 2.12. The monoisotopic (exact) mass is 254 g/mol. The Morgan fingerprint density at radius 2 is 1.94 bits per heavy atom. The predicted molar refractivity (Wildman–Crippen MR) is 73.9 cm³/mol. The third kappa shape index (κ3) is 1.27. The van der Waals surface area contributed by atoms with Crippen LogP contribution in [0, 0.1) is 0 Å². The molecule has 0 fully saturated rings. The highest BCUT2D eigenvalue weighted by molar-refractivity contribution is 6.35. The second-order valence-electron chi connectivity index (χ2n) is 4.60. The fourth-order valence-electron chi connectivity index (χ4n) is 2.75. The summed E-state index contributed by atoms with van der Waals surface area (Å²) in [5.41, 5.74) is 4.64. The minimum atomic E-state index is 0.783. The number of hydrogen-bond acceptors (Lipinski definition) is 1. The van der Waals surface area contributed by atoms with Crippen molar-refractivity contribution in [1.29, 1.82) is 0 Å². The molecule has 0 N–H and O–H groups in total. The molecule has 0 bridgehead atoms. The quantitative estimate of drug-likeness (QED) is 0.595. The van der Waals surface area contributed by atoms with E-state index in [-0.39, 0.29) is 0 Å². The van der Waals surface area contributed by atoms with Crippen LogP contribution in [0.2, 0.25) is 5.02 Å². The Bertz CT molecular complexity index is 758. The highest BCUT2D eigenvalue weighted by Gasteiger charge is 2.20. The van der Waals surface area contributed by atoms with Crippen LogP contribution in [0.5, 0.6) is 0 Å². The largest absolute Gasteiger partial charge is 0.322 e. The van der Waals surface area contributed by atoms with E-state index in [1.165, 1.54) is 11.1 Å². The average Bonchev–Trinajstić information content (AvgIpc) is 2.79. The van der Waals surface area contributed by atoms with E-state index in [1.807, 2.05) is 18.2 Å². The van der Waals surface area contributed by atoms with Crippen molar-refractivity contribution >= 4 is 22.6 Å². The number of benzene rings is 2. The molecule has 2 nitrogen and oxygen atoms in total. The number of hydrogen-bond donors (Lipinski definition) is 0. The maximum absolute atomic E-state index is 6.30. The van der Waals surface area contributed by atoms with E-state index in [0.717, 1.165) is 34.8 Å². The third-order valence-corrected chi connectivity index (χ3v) is 3.89. The zero-order chi connectivity index (χ0) is 12.1. The first-order valence-corrected chi connectivity index (χ1v) is 6.45. The molecule has 4 rings (SSSR count). The number of para-hydroxylation sites is 1. The molecule has 2 heterocycles. The van der Waals surface area contributed by atoms with Crippen LogP contribution in [0.15, 0.2) is 42.5 Å². The summed E-state index contributed by atoms with van der Waals surface area (Å²) in [5.74, 6) is 1.04. The molecule has 1 aliphatic heterocycles. The van der Waals surface area contributed by atoms with Crippen molar-refractivity contribution in [3.63, 3.8) is 0 Å². The molecule has 88 valence electrons. The molecule has 18 heavy (non-hydrogen) atoms. The number of aromatic nitrogens is 2. The van der Waals surface area contributed by atoms with Crippen LogP contribution in [0.1, 0.15) is 5.56 Å². The van der Waals surface area contributed by atoms with Gasteiger partial charge in [-0.25, -0.2) is 4.98 Å². The summed E-state index contributed by atoms with van der Waals surface area (Å²) in [7, 11) is 0. The minimum Gasteiger partial charge on any atom is -0.322 e. The van der Waals surface area contributed by atoms with Gasteiger partial charge >= 0.3 is 0 Å². The summed E-state index contributed by atoms with van der Waals surface area (Å²) in [6.07, 6.45) is 1.04. The summed E-state index contributed by atoms with van der Waals surface area (Å²) in [4.78, 5) is 4.73. The van der Waals surface area contributed by atoms with Gasteiger partial charge < -0.3 is 4.57 Å². The first-order valence-electron chi connectivity index (χ1n) is 6.07. The van der Waals surface area contributed by atoms with Gasteiger partial charge in [0.15, 0.2) is 0 Å². The topological polar surface area (TPSA) is 17.8 Å². The molecule has 1 aromatic heterocycles. The smallest absolute Gasteiger partial charge is 0.141 e. The minimum absolute atomic E-state index is 0.783. The highest BCUT2D eigenvalue weighted by Crippen LogP contribution is 2.34. The van der Waals surface area contributed by atoms with Crippen LogP contribution in [-0.4, -0.2) is 9.55 Å². The van der Waals surface area contributed by atoms with Crippen LogP contribution in [0.4, 0.5) is 0 Å². The number of fused-ring (bicyclic) bond motifs is 5. The van der Waals surface area contributed by atoms with Gasteiger partial charge in [-0.15, -0.1) is 0 Å². The summed E-state index contributed by atoms with van der Waals surface area (Å²) < 4.78 is 2.24. The van der Waals surface area contributed by atoms with Crippen LogP contribution in [0.3, 0.4) is 0 Å². The Labute approximate surface area is 110 Å². The first-order chi connectivity index (χ1) is 8.84. The van der Waals surface area contributed by atoms with Crippen LogP contribution < -0.4 is 0 Å². The Morgan fingerprint density at radius 1 is 1.06 bits per heavy atom. The summed E-state index contributed by atoms with van der Waals surface area (Å²) in [6, 6.07) is 14.4. The van der Waals surface area contributed by atoms with Crippen molar-refractivity contribution in [2.75, 3.05) is 0 Å². The first kappa shape index (κ1) is 10.2. The molecule has 0 atom stereocenters. The van der Waals surface area contributed by atoms with Gasteiger partial charge in [0.2, 0.25) is 0 Å². The summed E-state index contributed by atoms with van der Waals surface area (Å²) >= 11 is 6.30. The van der Waals surface area contributed by atoms with E-state index in [4.69, 9.17) is 16.6 Å². The lowest BCUT2D eigenvalue weighted by Crippen LogP contribution is -2.10. The van der Waals surface area contributed by atoms with Crippen molar-refractivity contribution < 1.29 is 0 Å². The van der Waals surface area contributed by atoms with Gasteiger partial charge in [0.25, 0.3) is 0 Å². The summed E-state index contributed by atoms with van der Waals surface area (Å²) in [5, 5.41) is 0.783. The third-order valence-electron chi connectivity index (χ3n) is 3.58. The van der Waals surface area contributed by atoms with Crippen molar-refractivity contribution in [3.05, 3.63) is 53.1 Å². The second kappa shape index (κ2) is 3.59. The Hall–Kier alpha value is -1.80. The normalized spacial score (nSPS) is 13.4. The molecule has 0 radical (unpaired) electrons. The number of rotatable bonds is 0. The predicted octanol–water partition coefficient (Wildman–Crippen LogP) is 3.91. The lowest BCUT2D eigenvalue weighted by Gasteiger charge is -2.18. The van der Waals surface area contributed by atoms with E-state index in [1.54, 1.807) is 0 Å². The van der Waals surface area contributed by atoms with Crippen LogP contribution in [0.25, 0.3) is 22.4 Å². The zero-order valence-electron chi connectivity index (χ0n) is 9.73. The lowest BCUT2D eigenvalue weighted by molar-refractivity contribution is 0.702. The highest BCUT2D eigenvalue weighted by atomic mass is 35.5. The fourth-order valence-corrected chi connectivity index (χ4v) is 3.03. The molecular weight excluding hydrogens is 244 g/mol. The number of imidazole rings is 1. The number of nitrogens with zero attached hydrogens (tertiary/aromatic N) is 2. The van der Waals surface area contributed by atoms with E-state index < -0.39 is 0 Å². The van der Waals surface area contributed by atoms with Gasteiger partial charge in [0, 0.05) is 12.1 Å². The SMILES string of the molecule is Clc1cccc2nc3n(c12)CCc1ccccc1-3. The molecule has 0 unspecified atom stereocenters. The molecule has 0 saturated carbocycles. The molecule has 3 aromatic rings. The van der Waals surface area contributed by atoms with Crippen molar-refractivity contribution in [2.24, 2.45) is 0 Å². The van der Waals surface area contributed by atoms with Gasteiger partial charge in [-0.1, -0.05) is 41.9 Å². The van der Waals surface area contributed by atoms with E-state index >= 15 is 0 Å². The maximum Gasteiger partial charge on any atom is 0.141 e. The molecule has 0 aliphatic carbocycles. The van der Waals surface area contributed by atoms with Gasteiger partial charge in [-0.05, 0) is 24.1 Å². The molecule has 0 spiro atoms. The molecule has 2 aromatic carbocycles. The van der Waals surface area contributed by atoms with E-state index in [2.05, 4.69) is 28.8 Å². The zero-order valence-corrected chi connectivity index (χ0v) is 10.5. The number of halogens is 1. The van der Waals surface area contributed by atoms with Crippen molar-refractivity contribution in [1.82, 2.24) is 9.55 Å². The van der Waals surface area contributed by atoms with Crippen molar-refractivity contribution in [3.8, 4) is 11.4 Å². The maximum atomic E-state index is 6.30. The van der Waals surface area contributed by atoms with Gasteiger partial charge in [0.05, 0.1) is 16.1 Å². The molecule has 3 heteroatoms. The summed E-state index contributed by atoms with van der Waals surface area (Å²) in [6.45, 7) is 0.951. The van der Waals surface area contributed by atoms with Gasteiger partial charge in [0.1, 0.15) is 5.82 Å². The molecule has 0 saturated heterocycles. The fraction of sp³-hybridized carbons (Fsp3) is 0.133. The van der Waals surface area contributed by atoms with Gasteiger partial charge in [-0.2, -0.15) is 0 Å². The second-order valence-corrected chi connectivity index (χ2v) is 5.01. The molecule has 0 amide bonds. The van der Waals surface area contributed by atoms with Crippen LogP contribution in [-0.2, 0) is 13.0 Å². The van der Waals surface area contributed by atoms with Gasteiger partial charge in [-0.3, -0.25) is 0 Å². The van der Waals surface area contributed by atoms with E-state index in [0.29, 0.717) is 0 Å². The number of aryl methyl sites for hydroxylation is 2. The molecular formula is C15H11ClN2.